The maximum atomic E-state index is 2.76. The van der Waals surface area contributed by atoms with Crippen LogP contribution in [0.4, 0.5) is 0 Å². The second-order valence-corrected chi connectivity index (χ2v) is 7.32. The van der Waals surface area contributed by atoms with Crippen molar-refractivity contribution in [2.45, 2.75) is 13.8 Å². The molecule has 0 unspecified atom stereocenters. The van der Waals surface area contributed by atoms with Gasteiger partial charge in [0.25, 0.3) is 0 Å². The van der Waals surface area contributed by atoms with E-state index in [1.165, 1.54) is 65.4 Å². The lowest BCUT2D eigenvalue weighted by atomic mass is 10.4. The molecule has 2 aliphatic heterocycles. The summed E-state index contributed by atoms with van der Waals surface area (Å²) in [4.78, 5) is 5.14. The average molecular weight is 254 g/mol. The molecule has 0 amide bonds. The third-order valence-corrected chi connectivity index (χ3v) is 6.29. The highest BCUT2D eigenvalue weighted by Crippen LogP contribution is 2.04. The van der Waals surface area contributed by atoms with Crippen molar-refractivity contribution in [1.29, 1.82) is 0 Å². The van der Waals surface area contributed by atoms with E-state index in [2.05, 4.69) is 31.4 Å². The van der Waals surface area contributed by atoms with Crippen LogP contribution in [0.25, 0.3) is 0 Å². The molecule has 17 heavy (non-hydrogen) atoms. The quantitative estimate of drug-likeness (QED) is 0.629. The van der Waals surface area contributed by atoms with E-state index in [-0.39, 0.29) is 15.7 Å². The highest BCUT2D eigenvalue weighted by molar-refractivity contribution is 6.28. The van der Waals surface area contributed by atoms with Gasteiger partial charge in [-0.3, -0.25) is 0 Å². The van der Waals surface area contributed by atoms with Gasteiger partial charge in [0.05, 0.1) is 0 Å². The second kappa shape index (κ2) is 7.08. The molecule has 0 aromatic rings. The first kappa shape index (κ1) is 13.8. The van der Waals surface area contributed by atoms with E-state index in [1.807, 2.05) is 0 Å². The number of rotatable bonds is 4. The summed E-state index contributed by atoms with van der Waals surface area (Å²) in [6, 6.07) is 0. The molecule has 0 spiro atoms. The van der Waals surface area contributed by atoms with Gasteiger partial charge in [-0.2, -0.15) is 0 Å². The van der Waals surface area contributed by atoms with Crippen molar-refractivity contribution < 1.29 is 0 Å². The first-order chi connectivity index (χ1) is 8.31. The Morgan fingerprint density at radius 1 is 0.647 bits per heavy atom. The van der Waals surface area contributed by atoms with Crippen molar-refractivity contribution in [1.82, 2.24) is 17.6 Å². The van der Waals surface area contributed by atoms with Gasteiger partial charge in [0.1, 0.15) is 0 Å². The molecule has 0 aliphatic carbocycles. The van der Waals surface area contributed by atoms with Crippen molar-refractivity contribution in [2.24, 2.45) is 0 Å². The highest BCUT2D eigenvalue weighted by atomic mass is 27.1. The Labute approximate surface area is 113 Å². The zero-order valence-corrected chi connectivity index (χ0v) is 13.0. The molecule has 4 nitrogen and oxygen atoms in total. The summed E-state index contributed by atoms with van der Waals surface area (Å²) in [5.74, 6) is 0. The molecule has 2 aliphatic rings. The van der Waals surface area contributed by atoms with Gasteiger partial charge in [-0.15, -0.1) is 0 Å². The molecule has 5 heteroatoms. The van der Waals surface area contributed by atoms with Crippen LogP contribution in [0.15, 0.2) is 0 Å². The minimum absolute atomic E-state index is 0.128. The Kier molecular flexibility index (Phi) is 5.75. The van der Waals surface area contributed by atoms with Gasteiger partial charge >= 0.3 is 15.7 Å². The van der Waals surface area contributed by atoms with E-state index in [1.54, 1.807) is 0 Å². The molecule has 0 saturated carbocycles. The van der Waals surface area contributed by atoms with Crippen LogP contribution in [0.3, 0.4) is 0 Å². The third kappa shape index (κ3) is 4.20. The Morgan fingerprint density at radius 3 is 1.29 bits per heavy atom. The lowest BCUT2D eigenvalue weighted by molar-refractivity contribution is 0.166. The molecule has 2 heterocycles. The van der Waals surface area contributed by atoms with Gasteiger partial charge in [0.2, 0.25) is 0 Å². The third-order valence-electron chi connectivity index (χ3n) is 4.22. The fourth-order valence-corrected chi connectivity index (χ4v) is 4.47. The monoisotopic (exact) mass is 254 g/mol. The molecular formula is C12H27AlN4. The number of hydrogen-bond acceptors (Lipinski definition) is 4. The fourth-order valence-electron chi connectivity index (χ4n) is 2.78. The van der Waals surface area contributed by atoms with Crippen molar-refractivity contribution in [3.8, 4) is 0 Å². The van der Waals surface area contributed by atoms with Crippen LogP contribution in [0.2, 0.25) is 0 Å². The van der Waals surface area contributed by atoms with Gasteiger partial charge in [0, 0.05) is 26.2 Å². The van der Waals surface area contributed by atoms with E-state index in [4.69, 9.17) is 0 Å². The maximum absolute atomic E-state index is 2.76. The minimum Gasteiger partial charge on any atom is -0.372 e. The van der Waals surface area contributed by atoms with Gasteiger partial charge in [0.15, 0.2) is 0 Å². The molecule has 0 N–H and O–H groups in total. The van der Waals surface area contributed by atoms with Crippen LogP contribution < -0.4 is 0 Å². The molecule has 0 radical (unpaired) electrons. The molecular weight excluding hydrogens is 227 g/mol. The number of likely N-dealkylation sites (N-methyl/N-ethyl adjacent to an activating group) is 2. The maximum Gasteiger partial charge on any atom is 0.463 e. The second-order valence-electron chi connectivity index (χ2n) is 5.25. The smallest absolute Gasteiger partial charge is 0.372 e. The Balaban J connectivity index is 1.65. The molecule has 2 saturated heterocycles. The summed E-state index contributed by atoms with van der Waals surface area (Å²) < 4.78 is 5.52. The van der Waals surface area contributed by atoms with Crippen LogP contribution in [0, 0.1) is 0 Å². The first-order valence-electron chi connectivity index (χ1n) is 7.21. The summed E-state index contributed by atoms with van der Waals surface area (Å²) >= 11 is -0.128. The summed E-state index contributed by atoms with van der Waals surface area (Å²) in [6.07, 6.45) is 0. The molecule has 0 bridgehead atoms. The van der Waals surface area contributed by atoms with Gasteiger partial charge in [-0.1, -0.05) is 13.8 Å². The fraction of sp³-hybridized carbons (Fsp3) is 1.00. The van der Waals surface area contributed by atoms with Crippen LogP contribution in [-0.4, -0.2) is 98.7 Å². The van der Waals surface area contributed by atoms with E-state index in [9.17, 15) is 0 Å². The average Bonchev–Trinajstić information content (AvgIpc) is 2.40. The molecule has 0 aromatic heterocycles. The summed E-state index contributed by atoms with van der Waals surface area (Å²) in [7, 11) is 0. The topological polar surface area (TPSA) is 13.0 Å². The zero-order valence-electron chi connectivity index (χ0n) is 11.6. The van der Waals surface area contributed by atoms with E-state index in [0.717, 1.165) is 0 Å². The number of nitrogens with zero attached hydrogens (tertiary/aromatic N) is 4. The largest absolute Gasteiger partial charge is 0.463 e. The van der Waals surface area contributed by atoms with Crippen LogP contribution in [-0.2, 0) is 0 Å². The van der Waals surface area contributed by atoms with E-state index >= 15 is 0 Å². The molecule has 0 atom stereocenters. The van der Waals surface area contributed by atoms with Crippen LogP contribution >= 0.6 is 0 Å². The predicted molar refractivity (Wildman–Crippen MR) is 74.5 cm³/mol. The summed E-state index contributed by atoms with van der Waals surface area (Å²) in [5.41, 5.74) is 0. The van der Waals surface area contributed by atoms with Crippen molar-refractivity contribution in [3.63, 3.8) is 0 Å². The lowest BCUT2D eigenvalue weighted by Gasteiger charge is -2.39. The Morgan fingerprint density at radius 2 is 1.00 bits per heavy atom. The molecule has 98 valence electrons. The summed E-state index contributed by atoms with van der Waals surface area (Å²) in [5, 5.41) is 0. The minimum atomic E-state index is -0.128. The lowest BCUT2D eigenvalue weighted by Crippen LogP contribution is -2.55. The van der Waals surface area contributed by atoms with Crippen molar-refractivity contribution >= 4 is 15.7 Å². The van der Waals surface area contributed by atoms with Crippen LogP contribution in [0.5, 0.6) is 0 Å². The molecule has 0 aromatic carbocycles. The van der Waals surface area contributed by atoms with Crippen molar-refractivity contribution in [2.75, 3.05) is 65.4 Å². The van der Waals surface area contributed by atoms with Crippen molar-refractivity contribution in [3.05, 3.63) is 0 Å². The molecule has 2 rings (SSSR count). The van der Waals surface area contributed by atoms with E-state index < -0.39 is 0 Å². The summed E-state index contributed by atoms with van der Waals surface area (Å²) in [6.45, 7) is 17.4. The van der Waals surface area contributed by atoms with Crippen LogP contribution in [0.1, 0.15) is 13.8 Å². The highest BCUT2D eigenvalue weighted by Gasteiger charge is 2.23. The van der Waals surface area contributed by atoms with Gasteiger partial charge in [-0.05, 0) is 39.3 Å². The molecule has 2 fully saturated rings. The Hall–Kier alpha value is 0.372. The predicted octanol–water partition coefficient (Wildman–Crippen LogP) is -0.472. The van der Waals surface area contributed by atoms with E-state index in [0.29, 0.717) is 0 Å². The normalized spacial score (nSPS) is 26.2. The van der Waals surface area contributed by atoms with Gasteiger partial charge in [-0.25, -0.2) is 0 Å². The SMILES string of the molecule is CCN1CC[N]([AlH][N]2CCN(CC)CC2)CC1. The van der Waals surface area contributed by atoms with Gasteiger partial charge < -0.3 is 17.6 Å². The number of hydrogen-bond donors (Lipinski definition) is 0. The number of piperazine rings is 2. The first-order valence-corrected chi connectivity index (χ1v) is 8.47. The Bertz CT molecular complexity index is 189. The standard InChI is InChI=1S/2C6H13N2.Al.H/c2*1-2-8-5-3-7-4-6-8;;/h2*2-6H2,1H3;;/q2*-1;+2;. The zero-order chi connectivity index (χ0) is 12.1.